The van der Waals surface area contributed by atoms with Crippen molar-refractivity contribution < 1.29 is 10.4 Å². The lowest BCUT2D eigenvalue weighted by atomic mass is 10.3. The normalized spacial score (nSPS) is 11.9. The molecule has 0 radical (unpaired) electrons. The van der Waals surface area contributed by atoms with E-state index in [-0.39, 0.29) is 10.5 Å². The summed E-state index contributed by atoms with van der Waals surface area (Å²) in [5, 5.41) is 20.4. The van der Waals surface area contributed by atoms with E-state index in [4.69, 9.17) is 10.4 Å². The Morgan fingerprint density at radius 3 is 2.86 bits per heavy atom. The second kappa shape index (κ2) is 3.60. The number of fused-ring (bicyclic) bond motifs is 1. The number of aromatic nitrogens is 1. The van der Waals surface area contributed by atoms with Gasteiger partial charge in [-0.2, -0.15) is 0 Å². The number of nitrogens with zero attached hydrogens (tertiary/aromatic N) is 2. The summed E-state index contributed by atoms with van der Waals surface area (Å²) in [6.07, 6.45) is 0. The zero-order valence-electron chi connectivity index (χ0n) is 7.01. The second-order valence-corrected chi connectivity index (χ2v) is 3.58. The molecule has 0 saturated carbocycles. The Hall–Kier alpha value is -1.66. The molecule has 0 fully saturated rings. The van der Waals surface area contributed by atoms with Crippen LogP contribution in [0.1, 0.15) is 0 Å². The van der Waals surface area contributed by atoms with Crippen LogP contribution in [0.2, 0.25) is 0 Å². The van der Waals surface area contributed by atoms with Gasteiger partial charge in [-0.3, -0.25) is 5.21 Å². The first kappa shape index (κ1) is 8.92. The summed E-state index contributed by atoms with van der Waals surface area (Å²) in [5.41, 5.74) is 2.62. The highest BCUT2D eigenvalue weighted by atomic mass is 32.1. The Bertz CT molecular complexity index is 523. The summed E-state index contributed by atoms with van der Waals surface area (Å²) >= 11 is 1.24. The van der Waals surface area contributed by atoms with Crippen LogP contribution in [0.15, 0.2) is 29.4 Å². The van der Waals surface area contributed by atoms with Crippen LogP contribution in [0.4, 0.5) is 5.82 Å². The third kappa shape index (κ3) is 1.40. The van der Waals surface area contributed by atoms with E-state index in [1.165, 1.54) is 11.3 Å². The summed E-state index contributed by atoms with van der Waals surface area (Å²) in [7, 11) is 0. The number of hydrogen-bond acceptors (Lipinski definition) is 6. The van der Waals surface area contributed by atoms with Crippen molar-refractivity contribution >= 4 is 27.4 Å². The van der Waals surface area contributed by atoms with Gasteiger partial charge in [-0.25, -0.2) is 10.5 Å². The Kier molecular flexibility index (Phi) is 2.30. The van der Waals surface area contributed by atoms with Crippen LogP contribution in [0.3, 0.4) is 0 Å². The van der Waals surface area contributed by atoms with Gasteiger partial charge < -0.3 is 5.21 Å². The first-order valence-electron chi connectivity index (χ1n) is 3.83. The zero-order valence-corrected chi connectivity index (χ0v) is 7.82. The number of rotatable bonds is 1. The Balaban J connectivity index is 2.83. The van der Waals surface area contributed by atoms with E-state index >= 15 is 0 Å². The molecule has 1 aromatic heterocycles. The molecule has 0 aliphatic carbocycles. The van der Waals surface area contributed by atoms with Crippen molar-refractivity contribution in [2.45, 2.75) is 0 Å². The van der Waals surface area contributed by atoms with Crippen LogP contribution < -0.4 is 10.2 Å². The molecule has 1 aromatic carbocycles. The van der Waals surface area contributed by atoms with Gasteiger partial charge in [0.2, 0.25) is 4.67 Å². The predicted molar refractivity (Wildman–Crippen MR) is 52.4 cm³/mol. The van der Waals surface area contributed by atoms with Gasteiger partial charge >= 0.3 is 0 Å². The van der Waals surface area contributed by atoms with Gasteiger partial charge in [0, 0.05) is 0 Å². The number of hydrogen-bond donors (Lipinski definition) is 3. The van der Waals surface area contributed by atoms with E-state index < -0.39 is 0 Å². The van der Waals surface area contributed by atoms with Crippen molar-refractivity contribution in [3.8, 4) is 0 Å². The molecule has 0 aliphatic rings. The molecule has 72 valence electrons. The van der Waals surface area contributed by atoms with Gasteiger partial charge in [0.1, 0.15) is 0 Å². The maximum atomic E-state index is 8.73. The van der Waals surface area contributed by atoms with E-state index in [0.29, 0.717) is 0 Å². The molecule has 1 heterocycles. The molecule has 0 atom stereocenters. The highest BCUT2D eigenvalue weighted by molar-refractivity contribution is 7.16. The van der Waals surface area contributed by atoms with Crippen molar-refractivity contribution in [1.82, 2.24) is 4.98 Å². The standard InChI is InChI=1S/C8H7N3O2S/c12-10-7-8(11-13)14-6-4-2-1-3-5(6)9-7/h1-4,12-13H,(H,9,10)/b11-8+. The van der Waals surface area contributed by atoms with Crippen LogP contribution in [0, 0.1) is 0 Å². The lowest BCUT2D eigenvalue weighted by molar-refractivity contribution is 0.302. The lowest BCUT2D eigenvalue weighted by Crippen LogP contribution is -2.08. The second-order valence-electron chi connectivity index (χ2n) is 2.55. The topological polar surface area (TPSA) is 77.7 Å². The summed E-state index contributed by atoms with van der Waals surface area (Å²) in [5.74, 6) is 0.149. The maximum absolute atomic E-state index is 8.73. The first-order chi connectivity index (χ1) is 6.85. The van der Waals surface area contributed by atoms with E-state index in [2.05, 4.69) is 10.1 Å². The molecule has 2 rings (SSSR count). The van der Waals surface area contributed by atoms with Crippen molar-refractivity contribution in [3.63, 3.8) is 0 Å². The largest absolute Gasteiger partial charge is 0.410 e. The lowest BCUT2D eigenvalue weighted by Gasteiger charge is -1.99. The molecule has 0 saturated heterocycles. The van der Waals surface area contributed by atoms with E-state index in [0.717, 1.165) is 10.2 Å². The Morgan fingerprint density at radius 1 is 1.36 bits per heavy atom. The average molecular weight is 209 g/mol. The first-order valence-corrected chi connectivity index (χ1v) is 4.65. The fourth-order valence-corrected chi connectivity index (χ4v) is 1.90. The van der Waals surface area contributed by atoms with E-state index in [1.807, 2.05) is 29.7 Å². The fraction of sp³-hybridized carbons (Fsp3) is 0. The average Bonchev–Trinajstić information content (AvgIpc) is 2.27. The number of para-hydroxylation sites is 1. The monoisotopic (exact) mass is 209 g/mol. The fourth-order valence-electron chi connectivity index (χ4n) is 1.10. The van der Waals surface area contributed by atoms with Gasteiger partial charge in [-0.1, -0.05) is 17.3 Å². The smallest absolute Gasteiger partial charge is 0.200 e. The molecular formula is C8H7N3O2S. The summed E-state index contributed by atoms with van der Waals surface area (Å²) < 4.78 is 1.13. The van der Waals surface area contributed by atoms with Crippen LogP contribution in [-0.4, -0.2) is 15.4 Å². The molecule has 0 unspecified atom stereocenters. The van der Waals surface area contributed by atoms with Gasteiger partial charge in [-0.05, 0) is 12.1 Å². The van der Waals surface area contributed by atoms with Crippen LogP contribution in [0.25, 0.3) is 10.2 Å². The number of benzene rings is 1. The molecule has 0 amide bonds. The third-order valence-electron chi connectivity index (χ3n) is 1.70. The summed E-state index contributed by atoms with van der Waals surface area (Å²) in [6.45, 7) is 0. The molecule has 0 bridgehead atoms. The predicted octanol–water partition coefficient (Wildman–Crippen LogP) is 1.39. The minimum absolute atomic E-state index is 0.149. The molecule has 5 nitrogen and oxygen atoms in total. The summed E-state index contributed by atoms with van der Waals surface area (Å²) in [6, 6.07) is 7.39. The molecular weight excluding hydrogens is 202 g/mol. The van der Waals surface area contributed by atoms with Crippen molar-refractivity contribution in [1.29, 1.82) is 0 Å². The van der Waals surface area contributed by atoms with Crippen molar-refractivity contribution in [3.05, 3.63) is 28.9 Å². The highest BCUT2D eigenvalue weighted by Gasteiger charge is 2.01. The van der Waals surface area contributed by atoms with Gasteiger partial charge in [0.15, 0.2) is 5.82 Å². The zero-order chi connectivity index (χ0) is 9.97. The van der Waals surface area contributed by atoms with Crippen LogP contribution >= 0.6 is 11.3 Å². The molecule has 14 heavy (non-hydrogen) atoms. The number of nitrogens with one attached hydrogen (secondary N) is 1. The highest BCUT2D eigenvalue weighted by Crippen LogP contribution is 2.14. The minimum atomic E-state index is 0.149. The molecule has 0 spiro atoms. The quantitative estimate of drug-likeness (QED) is 0.490. The minimum Gasteiger partial charge on any atom is -0.410 e. The van der Waals surface area contributed by atoms with E-state index in [1.54, 1.807) is 0 Å². The third-order valence-corrected chi connectivity index (χ3v) is 2.74. The number of anilines is 1. The van der Waals surface area contributed by atoms with E-state index in [9.17, 15) is 0 Å². The molecule has 2 aromatic rings. The molecule has 0 aliphatic heterocycles. The van der Waals surface area contributed by atoms with Gasteiger partial charge in [0.25, 0.3) is 0 Å². The summed E-state index contributed by atoms with van der Waals surface area (Å²) in [4.78, 5) is 4.06. The van der Waals surface area contributed by atoms with Gasteiger partial charge in [-0.15, -0.1) is 11.3 Å². The SMILES string of the molecule is O/N=c1/sc2ccccc2nc1NO. The molecule has 6 heteroatoms. The Labute approximate surface area is 82.9 Å². The Morgan fingerprint density at radius 2 is 2.14 bits per heavy atom. The van der Waals surface area contributed by atoms with Crippen LogP contribution in [0.5, 0.6) is 0 Å². The van der Waals surface area contributed by atoms with Crippen LogP contribution in [-0.2, 0) is 0 Å². The van der Waals surface area contributed by atoms with Gasteiger partial charge in [0.05, 0.1) is 10.2 Å². The maximum Gasteiger partial charge on any atom is 0.200 e. The van der Waals surface area contributed by atoms with Crippen molar-refractivity contribution in [2.24, 2.45) is 5.16 Å². The molecule has 3 N–H and O–H groups in total. The van der Waals surface area contributed by atoms with Crippen molar-refractivity contribution in [2.75, 3.05) is 5.48 Å².